The summed E-state index contributed by atoms with van der Waals surface area (Å²) in [6, 6.07) is 9.21. The van der Waals surface area contributed by atoms with E-state index < -0.39 is 23.3 Å². The average Bonchev–Trinajstić information content (AvgIpc) is 3.12. The molecule has 0 fully saturated rings. The third-order valence-electron chi connectivity index (χ3n) is 5.20. The summed E-state index contributed by atoms with van der Waals surface area (Å²) in [5.74, 6) is -1.28. The van der Waals surface area contributed by atoms with Crippen LogP contribution >= 0.6 is 27.7 Å². The number of carbonyl (C=O) groups is 2. The van der Waals surface area contributed by atoms with E-state index in [0.717, 1.165) is 22.1 Å². The lowest BCUT2D eigenvalue weighted by Crippen LogP contribution is -2.43. The van der Waals surface area contributed by atoms with Gasteiger partial charge in [-0.2, -0.15) is 0 Å². The molecule has 1 aliphatic rings. The summed E-state index contributed by atoms with van der Waals surface area (Å²) in [6.45, 7) is 3.93. The molecule has 6 nitrogen and oxygen atoms in total. The Hall–Kier alpha value is -2.40. The van der Waals surface area contributed by atoms with Crippen LogP contribution in [0.3, 0.4) is 0 Å². The summed E-state index contributed by atoms with van der Waals surface area (Å²) < 4.78 is 41.3. The number of thioether (sulfide) groups is 1. The Bertz CT molecular complexity index is 1050. The number of carboxylic acids is 1. The van der Waals surface area contributed by atoms with Crippen molar-refractivity contribution in [3.63, 3.8) is 0 Å². The number of carboxylic acid groups (broad SMARTS) is 1. The highest BCUT2D eigenvalue weighted by molar-refractivity contribution is 9.10. The molecule has 0 saturated carbocycles. The molecule has 0 aliphatic heterocycles. The van der Waals surface area contributed by atoms with Crippen molar-refractivity contribution in [1.82, 2.24) is 4.90 Å². The molecule has 33 heavy (non-hydrogen) atoms. The summed E-state index contributed by atoms with van der Waals surface area (Å²) in [5.41, 5.74) is 2.51. The molecule has 1 aliphatic carbocycles. The molecule has 0 aromatic heterocycles. The minimum Gasteiger partial charge on any atom is -0.480 e. The minimum atomic E-state index is -4.81. The number of carbonyl (C=O) groups excluding carboxylic acids is 1. The van der Waals surface area contributed by atoms with E-state index in [4.69, 9.17) is 5.11 Å². The van der Waals surface area contributed by atoms with Gasteiger partial charge in [0.05, 0.1) is 4.47 Å². The van der Waals surface area contributed by atoms with E-state index in [9.17, 15) is 22.8 Å². The van der Waals surface area contributed by atoms with E-state index in [0.29, 0.717) is 25.1 Å². The fraction of sp³-hybridized carbons (Fsp3) is 0.364. The smallest absolute Gasteiger partial charge is 0.480 e. The number of likely N-dealkylation sites (N-methyl/N-ethyl adjacent to an activating group) is 1. The normalized spacial score (nSPS) is 16.1. The van der Waals surface area contributed by atoms with Crippen molar-refractivity contribution in [3.8, 4) is 5.75 Å². The van der Waals surface area contributed by atoms with Gasteiger partial charge in [0.25, 0.3) is 0 Å². The van der Waals surface area contributed by atoms with Crippen LogP contribution in [-0.2, 0) is 17.6 Å². The molecule has 2 N–H and O–H groups in total. The summed E-state index contributed by atoms with van der Waals surface area (Å²) in [5, 5.41) is 11.3. The molecule has 0 heterocycles. The fourth-order valence-electron chi connectivity index (χ4n) is 3.67. The Morgan fingerprint density at radius 3 is 2.55 bits per heavy atom. The molecule has 0 saturated heterocycles. The maximum atomic E-state index is 12.9. The molecule has 3 rings (SSSR count). The predicted octanol–water partition coefficient (Wildman–Crippen LogP) is 5.93. The number of benzene rings is 2. The van der Waals surface area contributed by atoms with Crippen LogP contribution in [0.5, 0.6) is 5.75 Å². The lowest BCUT2D eigenvalue weighted by molar-refractivity contribution is -0.274. The number of aliphatic carboxylic acids is 1. The van der Waals surface area contributed by atoms with Gasteiger partial charge in [-0.3, -0.25) is 4.79 Å². The van der Waals surface area contributed by atoms with Crippen LogP contribution < -0.4 is 10.1 Å². The second kappa shape index (κ2) is 10.3. The zero-order chi connectivity index (χ0) is 24.3. The third-order valence-corrected chi connectivity index (χ3v) is 6.90. The van der Waals surface area contributed by atoms with Crippen molar-refractivity contribution in [2.45, 2.75) is 49.2 Å². The first-order valence-corrected chi connectivity index (χ1v) is 11.8. The van der Waals surface area contributed by atoms with Gasteiger partial charge in [0.1, 0.15) is 11.0 Å². The molecule has 0 bridgehead atoms. The largest absolute Gasteiger partial charge is 0.573 e. The van der Waals surface area contributed by atoms with Crippen molar-refractivity contribution < 1.29 is 32.6 Å². The molecule has 2 amide bonds. The number of rotatable bonds is 7. The van der Waals surface area contributed by atoms with Gasteiger partial charge in [0.15, 0.2) is 0 Å². The zero-order valence-corrected chi connectivity index (χ0v) is 20.2. The summed E-state index contributed by atoms with van der Waals surface area (Å²) in [6.07, 6.45) is -3.51. The van der Waals surface area contributed by atoms with Crippen molar-refractivity contribution in [1.29, 1.82) is 0 Å². The van der Waals surface area contributed by atoms with Crippen molar-refractivity contribution in [2.24, 2.45) is 0 Å². The lowest BCUT2D eigenvalue weighted by atomic mass is 10.1. The van der Waals surface area contributed by atoms with Crippen molar-refractivity contribution >= 4 is 45.4 Å². The molecule has 2 atom stereocenters. The highest BCUT2D eigenvalue weighted by atomic mass is 79.9. The van der Waals surface area contributed by atoms with Gasteiger partial charge in [0.2, 0.25) is 0 Å². The zero-order valence-electron chi connectivity index (χ0n) is 17.8. The van der Waals surface area contributed by atoms with E-state index in [2.05, 4.69) is 26.0 Å². The topological polar surface area (TPSA) is 78.9 Å². The predicted molar refractivity (Wildman–Crippen MR) is 123 cm³/mol. The number of ether oxygens (including phenoxy) is 1. The Morgan fingerprint density at radius 1 is 1.24 bits per heavy atom. The SMILES string of the molecule is CCN(C(=O)Nc1ccc(OC(F)(F)F)c(Br)c1)C1Cc2ccc(SC(C)C(=O)O)cc2C1. The van der Waals surface area contributed by atoms with Crippen LogP contribution in [0.4, 0.5) is 23.7 Å². The number of anilines is 1. The van der Waals surface area contributed by atoms with E-state index in [1.807, 2.05) is 25.1 Å². The first-order chi connectivity index (χ1) is 15.5. The molecular formula is C22H22BrF3N2O4S. The number of nitrogens with one attached hydrogen (secondary N) is 1. The lowest BCUT2D eigenvalue weighted by Gasteiger charge is -2.28. The Morgan fingerprint density at radius 2 is 1.94 bits per heavy atom. The van der Waals surface area contributed by atoms with Gasteiger partial charge in [-0.25, -0.2) is 4.79 Å². The van der Waals surface area contributed by atoms with E-state index in [-0.39, 0.29) is 16.5 Å². The fourth-order valence-corrected chi connectivity index (χ4v) is 4.99. The summed E-state index contributed by atoms with van der Waals surface area (Å²) in [4.78, 5) is 26.6. The Kier molecular flexibility index (Phi) is 7.84. The van der Waals surface area contributed by atoms with Gasteiger partial charge < -0.3 is 20.1 Å². The van der Waals surface area contributed by atoms with Crippen LogP contribution in [0, 0.1) is 0 Å². The molecule has 0 radical (unpaired) electrons. The van der Waals surface area contributed by atoms with Crippen LogP contribution in [0.1, 0.15) is 25.0 Å². The van der Waals surface area contributed by atoms with Crippen molar-refractivity contribution in [3.05, 3.63) is 52.0 Å². The number of fused-ring (bicyclic) bond motifs is 1. The van der Waals surface area contributed by atoms with Crippen molar-refractivity contribution in [2.75, 3.05) is 11.9 Å². The second-order valence-corrected chi connectivity index (χ2v) is 9.77. The molecule has 2 aromatic rings. The van der Waals surface area contributed by atoms with Gasteiger partial charge in [-0.05, 0) is 84.1 Å². The molecule has 178 valence electrons. The van der Waals surface area contributed by atoms with Crippen LogP contribution in [0.2, 0.25) is 0 Å². The average molecular weight is 547 g/mol. The number of hydrogen-bond donors (Lipinski definition) is 2. The van der Waals surface area contributed by atoms with Gasteiger partial charge in [0, 0.05) is 23.2 Å². The molecule has 2 aromatic carbocycles. The summed E-state index contributed by atoms with van der Waals surface area (Å²) >= 11 is 4.30. The molecule has 11 heteroatoms. The minimum absolute atomic E-state index is 0.0644. The third kappa shape index (κ3) is 6.57. The number of urea groups is 1. The number of hydrogen-bond acceptors (Lipinski definition) is 4. The number of alkyl halides is 3. The highest BCUT2D eigenvalue weighted by Crippen LogP contribution is 2.34. The van der Waals surface area contributed by atoms with E-state index >= 15 is 0 Å². The summed E-state index contributed by atoms with van der Waals surface area (Å²) in [7, 11) is 0. The van der Waals surface area contributed by atoms with Gasteiger partial charge in [-0.15, -0.1) is 24.9 Å². The Balaban J connectivity index is 1.67. The highest BCUT2D eigenvalue weighted by Gasteiger charge is 2.32. The number of amides is 2. The van der Waals surface area contributed by atoms with Crippen LogP contribution in [0.25, 0.3) is 0 Å². The monoisotopic (exact) mass is 546 g/mol. The van der Waals surface area contributed by atoms with Gasteiger partial charge in [-0.1, -0.05) is 6.07 Å². The van der Waals surface area contributed by atoms with E-state index in [1.165, 1.54) is 23.9 Å². The molecule has 2 unspecified atom stereocenters. The van der Waals surface area contributed by atoms with Crippen LogP contribution in [-0.4, -0.2) is 46.2 Å². The molecule has 0 spiro atoms. The first-order valence-electron chi connectivity index (χ1n) is 10.1. The number of halogens is 4. The van der Waals surface area contributed by atoms with Crippen LogP contribution in [0.15, 0.2) is 45.8 Å². The second-order valence-electron chi connectivity index (χ2n) is 7.50. The van der Waals surface area contributed by atoms with E-state index in [1.54, 1.807) is 11.8 Å². The molecular weight excluding hydrogens is 525 g/mol. The maximum Gasteiger partial charge on any atom is 0.573 e. The Labute approximate surface area is 201 Å². The van der Waals surface area contributed by atoms with Gasteiger partial charge >= 0.3 is 18.4 Å². The quantitative estimate of drug-likeness (QED) is 0.420. The maximum absolute atomic E-state index is 12.9. The first kappa shape index (κ1) is 25.2. The number of nitrogens with zero attached hydrogens (tertiary/aromatic N) is 1. The standard InChI is InChI=1S/C22H22BrF3N2O4S/c1-3-28(21(31)27-15-5-7-19(18(23)11-15)32-22(24,25)26)16-8-13-4-6-17(10-14(13)9-16)33-12(2)20(29)30/h4-7,10-12,16H,3,8-9H2,1-2H3,(H,27,31)(H,29,30).